The number of carbonyl (C=O) groups is 1. The predicted octanol–water partition coefficient (Wildman–Crippen LogP) is 3.52. The fourth-order valence-electron chi connectivity index (χ4n) is 1.42. The number of nitrogen functional groups attached to an aromatic ring is 1. The molecule has 2 aromatic rings. The summed E-state index contributed by atoms with van der Waals surface area (Å²) in [5.74, 6) is -2.71. The Balaban J connectivity index is 2.71. The maximum absolute atomic E-state index is 13.8. The van der Waals surface area contributed by atoms with Crippen molar-refractivity contribution in [3.8, 4) is 11.4 Å². The van der Waals surface area contributed by atoms with E-state index >= 15 is 0 Å². The Hall–Kier alpha value is -1.63. The minimum Gasteiger partial charge on any atom is -0.476 e. The predicted molar refractivity (Wildman–Crippen MR) is 73.8 cm³/mol. The van der Waals surface area contributed by atoms with Gasteiger partial charge in [-0.25, -0.2) is 19.2 Å². The van der Waals surface area contributed by atoms with E-state index in [-0.39, 0.29) is 32.3 Å². The Kier molecular flexibility index (Phi) is 3.99. The summed E-state index contributed by atoms with van der Waals surface area (Å²) in [4.78, 5) is 18.4. The number of nitrogens with two attached hydrogens (primary N) is 1. The van der Waals surface area contributed by atoms with Gasteiger partial charge in [-0.05, 0) is 12.1 Å². The molecule has 0 bridgehead atoms. The van der Waals surface area contributed by atoms with Crippen LogP contribution >= 0.6 is 34.8 Å². The molecule has 20 heavy (non-hydrogen) atoms. The largest absolute Gasteiger partial charge is 0.476 e. The van der Waals surface area contributed by atoms with Crippen molar-refractivity contribution in [2.75, 3.05) is 5.73 Å². The van der Waals surface area contributed by atoms with Crippen molar-refractivity contribution < 1.29 is 14.3 Å². The monoisotopic (exact) mass is 335 g/mol. The van der Waals surface area contributed by atoms with Crippen LogP contribution in [0.2, 0.25) is 15.1 Å². The molecular weight excluding hydrogens is 331 g/mol. The molecule has 1 aromatic carbocycles. The summed E-state index contributed by atoms with van der Waals surface area (Å²) in [5.41, 5.74) is 4.82. The maximum Gasteiger partial charge on any atom is 0.356 e. The van der Waals surface area contributed by atoms with Crippen LogP contribution < -0.4 is 5.73 Å². The first-order chi connectivity index (χ1) is 9.31. The van der Waals surface area contributed by atoms with Crippen molar-refractivity contribution in [2.45, 2.75) is 0 Å². The van der Waals surface area contributed by atoms with Crippen LogP contribution in [0.25, 0.3) is 11.4 Å². The molecule has 3 N–H and O–H groups in total. The number of hydrogen-bond acceptors (Lipinski definition) is 4. The van der Waals surface area contributed by atoms with E-state index in [2.05, 4.69) is 9.97 Å². The quantitative estimate of drug-likeness (QED) is 0.819. The van der Waals surface area contributed by atoms with Gasteiger partial charge < -0.3 is 10.8 Å². The van der Waals surface area contributed by atoms with Crippen LogP contribution in [0.4, 0.5) is 10.2 Å². The number of carboxylic acids is 1. The SMILES string of the molecule is Nc1nc(-c2cc(Cl)c(Cl)cc2F)nc(C(=O)O)c1Cl. The summed E-state index contributed by atoms with van der Waals surface area (Å²) >= 11 is 17.1. The van der Waals surface area contributed by atoms with Gasteiger partial charge in [0.2, 0.25) is 0 Å². The van der Waals surface area contributed by atoms with Crippen molar-refractivity contribution >= 4 is 46.6 Å². The third-order valence-electron chi connectivity index (χ3n) is 2.33. The van der Waals surface area contributed by atoms with Crippen molar-refractivity contribution in [1.29, 1.82) is 0 Å². The summed E-state index contributed by atoms with van der Waals surface area (Å²) in [6, 6.07) is 2.14. The molecule has 1 aromatic heterocycles. The first-order valence-corrected chi connectivity index (χ1v) is 6.16. The van der Waals surface area contributed by atoms with E-state index in [4.69, 9.17) is 45.6 Å². The van der Waals surface area contributed by atoms with Crippen molar-refractivity contribution in [3.05, 3.63) is 38.7 Å². The van der Waals surface area contributed by atoms with Gasteiger partial charge in [-0.2, -0.15) is 0 Å². The standard InChI is InChI=1S/C11H5Cl3FN3O2/c12-4-1-3(6(15)2-5(4)13)10-17-8(11(19)20)7(14)9(16)18-10/h1-2H,(H,19,20)(H2,16,17,18). The molecule has 0 saturated carbocycles. The fraction of sp³-hybridized carbons (Fsp3) is 0. The van der Waals surface area contributed by atoms with E-state index < -0.39 is 17.5 Å². The van der Waals surface area contributed by atoms with E-state index in [0.717, 1.165) is 6.07 Å². The highest BCUT2D eigenvalue weighted by molar-refractivity contribution is 6.42. The molecule has 9 heteroatoms. The Labute approximate surface area is 127 Å². The van der Waals surface area contributed by atoms with Crippen LogP contribution in [0.1, 0.15) is 10.5 Å². The summed E-state index contributed by atoms with van der Waals surface area (Å²) in [6.45, 7) is 0. The molecule has 0 spiro atoms. The molecule has 0 saturated heterocycles. The van der Waals surface area contributed by atoms with Gasteiger partial charge in [0.25, 0.3) is 0 Å². The lowest BCUT2D eigenvalue weighted by atomic mass is 10.2. The molecular formula is C11H5Cl3FN3O2. The van der Waals surface area contributed by atoms with Crippen LogP contribution in [-0.4, -0.2) is 21.0 Å². The highest BCUT2D eigenvalue weighted by atomic mass is 35.5. The molecule has 104 valence electrons. The number of hydrogen-bond donors (Lipinski definition) is 2. The van der Waals surface area contributed by atoms with E-state index in [1.165, 1.54) is 6.07 Å². The van der Waals surface area contributed by atoms with Gasteiger partial charge in [0.05, 0.1) is 15.6 Å². The normalized spacial score (nSPS) is 10.6. The average molecular weight is 337 g/mol. The smallest absolute Gasteiger partial charge is 0.356 e. The van der Waals surface area contributed by atoms with Crippen LogP contribution in [0.15, 0.2) is 12.1 Å². The minimum absolute atomic E-state index is 0.00769. The molecule has 0 fully saturated rings. The van der Waals surface area contributed by atoms with Gasteiger partial charge >= 0.3 is 5.97 Å². The molecule has 0 aliphatic carbocycles. The Morgan fingerprint density at radius 3 is 2.40 bits per heavy atom. The summed E-state index contributed by atoms with van der Waals surface area (Å²) < 4.78 is 13.8. The van der Waals surface area contributed by atoms with Crippen LogP contribution in [0.5, 0.6) is 0 Å². The fourth-order valence-corrected chi connectivity index (χ4v) is 1.90. The van der Waals surface area contributed by atoms with Crippen LogP contribution in [-0.2, 0) is 0 Å². The molecule has 0 radical (unpaired) electrons. The van der Waals surface area contributed by atoms with Crippen molar-refractivity contribution in [3.63, 3.8) is 0 Å². The number of aromatic nitrogens is 2. The third kappa shape index (κ3) is 2.63. The van der Waals surface area contributed by atoms with Gasteiger partial charge in [-0.1, -0.05) is 34.8 Å². The van der Waals surface area contributed by atoms with Crippen LogP contribution in [0.3, 0.4) is 0 Å². The number of anilines is 1. The minimum atomic E-state index is -1.41. The zero-order valence-corrected chi connectivity index (χ0v) is 11.8. The number of carboxylic acid groups (broad SMARTS) is 1. The second-order valence-electron chi connectivity index (χ2n) is 3.65. The molecule has 0 unspecified atom stereocenters. The molecule has 0 aliphatic heterocycles. The summed E-state index contributed by atoms with van der Waals surface area (Å²) in [5, 5.41) is 8.71. The number of nitrogens with zero attached hydrogens (tertiary/aromatic N) is 2. The Morgan fingerprint density at radius 1 is 1.20 bits per heavy atom. The highest BCUT2D eigenvalue weighted by Gasteiger charge is 2.19. The molecule has 5 nitrogen and oxygen atoms in total. The zero-order chi connectivity index (χ0) is 15.0. The number of rotatable bonds is 2. The van der Waals surface area contributed by atoms with Gasteiger partial charge in [0.15, 0.2) is 11.5 Å². The van der Waals surface area contributed by atoms with E-state index in [9.17, 15) is 9.18 Å². The Morgan fingerprint density at radius 2 is 1.80 bits per heavy atom. The van der Waals surface area contributed by atoms with Gasteiger partial charge in [0.1, 0.15) is 16.7 Å². The van der Waals surface area contributed by atoms with Crippen molar-refractivity contribution in [1.82, 2.24) is 9.97 Å². The second kappa shape index (κ2) is 5.40. The second-order valence-corrected chi connectivity index (χ2v) is 4.84. The van der Waals surface area contributed by atoms with Gasteiger partial charge in [0, 0.05) is 0 Å². The van der Waals surface area contributed by atoms with E-state index in [1.807, 2.05) is 0 Å². The van der Waals surface area contributed by atoms with Gasteiger partial charge in [-0.3, -0.25) is 0 Å². The van der Waals surface area contributed by atoms with Crippen molar-refractivity contribution in [2.24, 2.45) is 0 Å². The topological polar surface area (TPSA) is 89.1 Å². The Bertz CT molecular complexity index is 725. The highest BCUT2D eigenvalue weighted by Crippen LogP contribution is 2.31. The summed E-state index contributed by atoms with van der Waals surface area (Å²) in [7, 11) is 0. The lowest BCUT2D eigenvalue weighted by Crippen LogP contribution is -2.08. The molecule has 0 amide bonds. The van der Waals surface area contributed by atoms with Crippen LogP contribution in [0, 0.1) is 5.82 Å². The third-order valence-corrected chi connectivity index (χ3v) is 3.43. The average Bonchev–Trinajstić information content (AvgIpc) is 2.36. The zero-order valence-electron chi connectivity index (χ0n) is 9.49. The molecule has 2 rings (SSSR count). The van der Waals surface area contributed by atoms with Gasteiger partial charge in [-0.15, -0.1) is 0 Å². The number of aromatic carboxylic acids is 1. The lowest BCUT2D eigenvalue weighted by Gasteiger charge is -2.08. The van der Waals surface area contributed by atoms with E-state index in [1.54, 1.807) is 0 Å². The molecule has 1 heterocycles. The number of benzene rings is 1. The first kappa shape index (κ1) is 14.8. The maximum atomic E-state index is 13.8. The summed E-state index contributed by atoms with van der Waals surface area (Å²) in [6.07, 6.45) is 0. The van der Waals surface area contributed by atoms with E-state index in [0.29, 0.717) is 0 Å². The lowest BCUT2D eigenvalue weighted by molar-refractivity contribution is 0.0690. The molecule has 0 aliphatic rings. The number of halogens is 4. The molecule has 0 atom stereocenters. The first-order valence-electron chi connectivity index (χ1n) is 5.02.